The lowest BCUT2D eigenvalue weighted by molar-refractivity contribution is -0.139. The fourth-order valence-electron chi connectivity index (χ4n) is 3.02. The van der Waals surface area contributed by atoms with Crippen LogP contribution in [-0.2, 0) is 9.53 Å². The van der Waals surface area contributed by atoms with Gasteiger partial charge in [0.1, 0.15) is 0 Å². The van der Waals surface area contributed by atoms with Crippen LogP contribution in [0.4, 0.5) is 0 Å². The van der Waals surface area contributed by atoms with Gasteiger partial charge in [-0.25, -0.2) is 0 Å². The summed E-state index contributed by atoms with van der Waals surface area (Å²) < 4.78 is 5.32. The Hall–Kier alpha value is -1.35. The summed E-state index contributed by atoms with van der Waals surface area (Å²) in [5.41, 5.74) is 2.54. The molecule has 0 aliphatic carbocycles. The van der Waals surface area contributed by atoms with E-state index in [4.69, 9.17) is 4.74 Å². The minimum absolute atomic E-state index is 0.0277. The van der Waals surface area contributed by atoms with Crippen molar-refractivity contribution in [2.24, 2.45) is 5.92 Å². The van der Waals surface area contributed by atoms with E-state index in [0.29, 0.717) is 19.1 Å². The summed E-state index contributed by atoms with van der Waals surface area (Å²) in [6.07, 6.45) is 0.987. The van der Waals surface area contributed by atoms with E-state index in [-0.39, 0.29) is 11.8 Å². The maximum Gasteiger partial charge on any atom is 0.226 e. The van der Waals surface area contributed by atoms with Gasteiger partial charge in [-0.3, -0.25) is 4.79 Å². The van der Waals surface area contributed by atoms with Gasteiger partial charge >= 0.3 is 0 Å². The third kappa shape index (κ3) is 3.40. The minimum Gasteiger partial charge on any atom is -0.378 e. The standard InChI is InChI=1S/C17H25NO2/c1-4-16(15-7-5-6-13(2)12-15)14(3)17(19)18-8-10-20-11-9-18/h5-7,12,14,16H,4,8-11H2,1-3H3. The molecule has 3 heteroatoms. The van der Waals surface area contributed by atoms with Gasteiger partial charge in [-0.1, -0.05) is 43.7 Å². The Morgan fingerprint density at radius 1 is 1.35 bits per heavy atom. The molecule has 1 saturated heterocycles. The zero-order chi connectivity index (χ0) is 14.5. The number of carbonyl (C=O) groups excluding carboxylic acids is 1. The predicted octanol–water partition coefficient (Wildman–Crippen LogP) is 2.98. The molecular weight excluding hydrogens is 250 g/mol. The number of amides is 1. The zero-order valence-corrected chi connectivity index (χ0v) is 12.8. The van der Waals surface area contributed by atoms with Crippen molar-refractivity contribution in [1.29, 1.82) is 0 Å². The van der Waals surface area contributed by atoms with Crippen molar-refractivity contribution in [3.05, 3.63) is 35.4 Å². The lowest BCUT2D eigenvalue weighted by Gasteiger charge is -2.32. The molecule has 2 atom stereocenters. The first kappa shape index (κ1) is 15.0. The Bertz CT molecular complexity index is 452. The Balaban J connectivity index is 2.11. The molecule has 1 heterocycles. The second-order valence-corrected chi connectivity index (χ2v) is 5.66. The Morgan fingerprint density at radius 3 is 2.65 bits per heavy atom. The number of morpholine rings is 1. The summed E-state index contributed by atoms with van der Waals surface area (Å²) >= 11 is 0. The second-order valence-electron chi connectivity index (χ2n) is 5.66. The number of ether oxygens (including phenoxy) is 1. The Morgan fingerprint density at radius 2 is 2.05 bits per heavy atom. The molecule has 1 amide bonds. The van der Waals surface area contributed by atoms with Crippen molar-refractivity contribution in [3.63, 3.8) is 0 Å². The second kappa shape index (κ2) is 6.89. The number of hydrogen-bond donors (Lipinski definition) is 0. The first-order valence-corrected chi connectivity index (χ1v) is 7.56. The lowest BCUT2D eigenvalue weighted by atomic mass is 9.83. The molecule has 1 aliphatic heterocycles. The molecule has 20 heavy (non-hydrogen) atoms. The van der Waals surface area contributed by atoms with Crippen LogP contribution in [0.5, 0.6) is 0 Å². The summed E-state index contributed by atoms with van der Waals surface area (Å²) in [5.74, 6) is 0.590. The number of benzene rings is 1. The largest absolute Gasteiger partial charge is 0.378 e. The number of hydrogen-bond acceptors (Lipinski definition) is 2. The van der Waals surface area contributed by atoms with Crippen LogP contribution < -0.4 is 0 Å². The lowest BCUT2D eigenvalue weighted by Crippen LogP contribution is -2.44. The average Bonchev–Trinajstić information content (AvgIpc) is 2.48. The van der Waals surface area contributed by atoms with Crippen LogP contribution in [-0.4, -0.2) is 37.1 Å². The first-order chi connectivity index (χ1) is 9.63. The molecule has 1 aromatic rings. The van der Waals surface area contributed by atoms with Crippen molar-refractivity contribution in [2.45, 2.75) is 33.1 Å². The zero-order valence-electron chi connectivity index (χ0n) is 12.8. The quantitative estimate of drug-likeness (QED) is 0.845. The topological polar surface area (TPSA) is 29.5 Å². The van der Waals surface area contributed by atoms with Gasteiger partial charge in [-0.2, -0.15) is 0 Å². The van der Waals surface area contributed by atoms with Gasteiger partial charge in [0.2, 0.25) is 5.91 Å². The monoisotopic (exact) mass is 275 g/mol. The highest BCUT2D eigenvalue weighted by molar-refractivity contribution is 5.79. The van der Waals surface area contributed by atoms with E-state index in [1.807, 2.05) is 4.90 Å². The van der Waals surface area contributed by atoms with Crippen LogP contribution in [0.25, 0.3) is 0 Å². The molecular formula is C17H25NO2. The third-order valence-corrected chi connectivity index (χ3v) is 4.23. The summed E-state index contributed by atoms with van der Waals surface area (Å²) in [5, 5.41) is 0. The third-order valence-electron chi connectivity index (χ3n) is 4.23. The first-order valence-electron chi connectivity index (χ1n) is 7.56. The number of nitrogens with zero attached hydrogens (tertiary/aromatic N) is 1. The fourth-order valence-corrected chi connectivity index (χ4v) is 3.02. The van der Waals surface area contributed by atoms with Crippen LogP contribution in [0.3, 0.4) is 0 Å². The molecule has 0 radical (unpaired) electrons. The highest BCUT2D eigenvalue weighted by Crippen LogP contribution is 2.30. The molecule has 0 saturated carbocycles. The van der Waals surface area contributed by atoms with Gasteiger partial charge < -0.3 is 9.64 Å². The maximum atomic E-state index is 12.6. The number of rotatable bonds is 4. The molecule has 0 spiro atoms. The van der Waals surface area contributed by atoms with E-state index < -0.39 is 0 Å². The van der Waals surface area contributed by atoms with E-state index in [1.165, 1.54) is 11.1 Å². The number of carbonyl (C=O) groups is 1. The van der Waals surface area contributed by atoms with E-state index in [2.05, 4.69) is 45.0 Å². The molecule has 1 aromatic carbocycles. The highest BCUT2D eigenvalue weighted by atomic mass is 16.5. The molecule has 1 fully saturated rings. The molecule has 2 unspecified atom stereocenters. The SMILES string of the molecule is CCC(c1cccc(C)c1)C(C)C(=O)N1CCOCC1. The van der Waals surface area contributed by atoms with Gasteiger partial charge in [0.15, 0.2) is 0 Å². The van der Waals surface area contributed by atoms with Gasteiger partial charge in [0, 0.05) is 19.0 Å². The Labute approximate surface area is 121 Å². The van der Waals surface area contributed by atoms with Gasteiger partial charge in [-0.05, 0) is 24.8 Å². The summed E-state index contributed by atoms with van der Waals surface area (Å²) in [7, 11) is 0. The predicted molar refractivity (Wildman–Crippen MR) is 80.8 cm³/mol. The number of aryl methyl sites for hydroxylation is 1. The van der Waals surface area contributed by atoms with Crippen LogP contribution in [0, 0.1) is 12.8 Å². The van der Waals surface area contributed by atoms with Crippen LogP contribution >= 0.6 is 0 Å². The van der Waals surface area contributed by atoms with Crippen LogP contribution in [0.2, 0.25) is 0 Å². The van der Waals surface area contributed by atoms with Crippen molar-refractivity contribution in [3.8, 4) is 0 Å². The summed E-state index contributed by atoms with van der Waals surface area (Å²) in [6.45, 7) is 9.12. The van der Waals surface area contributed by atoms with Crippen molar-refractivity contribution in [1.82, 2.24) is 4.90 Å². The smallest absolute Gasteiger partial charge is 0.226 e. The molecule has 0 bridgehead atoms. The van der Waals surface area contributed by atoms with Crippen molar-refractivity contribution >= 4 is 5.91 Å². The average molecular weight is 275 g/mol. The van der Waals surface area contributed by atoms with Gasteiger partial charge in [0.05, 0.1) is 13.2 Å². The molecule has 2 rings (SSSR count). The summed E-state index contributed by atoms with van der Waals surface area (Å²) in [4.78, 5) is 14.6. The minimum atomic E-state index is 0.0277. The van der Waals surface area contributed by atoms with E-state index in [1.54, 1.807) is 0 Å². The maximum absolute atomic E-state index is 12.6. The molecule has 0 aromatic heterocycles. The molecule has 0 N–H and O–H groups in total. The molecule has 110 valence electrons. The van der Waals surface area contributed by atoms with E-state index >= 15 is 0 Å². The van der Waals surface area contributed by atoms with Gasteiger partial charge in [0.25, 0.3) is 0 Å². The summed E-state index contributed by atoms with van der Waals surface area (Å²) in [6, 6.07) is 8.53. The van der Waals surface area contributed by atoms with Crippen LogP contribution in [0.15, 0.2) is 24.3 Å². The fraction of sp³-hybridized carbons (Fsp3) is 0.588. The Kier molecular flexibility index (Phi) is 5.18. The van der Waals surface area contributed by atoms with Crippen molar-refractivity contribution in [2.75, 3.05) is 26.3 Å². The normalized spacial score (nSPS) is 18.6. The molecule has 1 aliphatic rings. The van der Waals surface area contributed by atoms with E-state index in [9.17, 15) is 4.79 Å². The van der Waals surface area contributed by atoms with Crippen molar-refractivity contribution < 1.29 is 9.53 Å². The van der Waals surface area contributed by atoms with E-state index in [0.717, 1.165) is 19.5 Å². The highest BCUT2D eigenvalue weighted by Gasteiger charge is 2.28. The van der Waals surface area contributed by atoms with Crippen LogP contribution in [0.1, 0.15) is 37.3 Å². The van der Waals surface area contributed by atoms with Gasteiger partial charge in [-0.15, -0.1) is 0 Å². The molecule has 3 nitrogen and oxygen atoms in total.